The third kappa shape index (κ3) is 4.28. The van der Waals surface area contributed by atoms with E-state index in [4.69, 9.17) is 4.74 Å². The zero-order valence-corrected chi connectivity index (χ0v) is 15.5. The number of carbonyl (C=O) groups excluding carboxylic acids is 2. The van der Waals surface area contributed by atoms with E-state index < -0.39 is 6.10 Å². The van der Waals surface area contributed by atoms with Crippen molar-refractivity contribution in [2.24, 2.45) is 0 Å². The highest BCUT2D eigenvalue weighted by molar-refractivity contribution is 6.03. The molecule has 1 aromatic heterocycles. The fourth-order valence-corrected chi connectivity index (χ4v) is 3.23. The molecule has 2 aromatic rings. The van der Waals surface area contributed by atoms with E-state index in [1.54, 1.807) is 53.2 Å². The molecule has 2 heterocycles. The summed E-state index contributed by atoms with van der Waals surface area (Å²) < 4.78 is 6.90. The lowest BCUT2D eigenvalue weighted by Crippen LogP contribution is -2.43. The maximum Gasteiger partial charge on any atom is 0.256 e. The van der Waals surface area contributed by atoms with Crippen LogP contribution in [-0.4, -0.2) is 57.9 Å². The average Bonchev–Trinajstić information content (AvgIpc) is 3.15. The monoisotopic (exact) mass is 372 g/mol. The zero-order valence-electron chi connectivity index (χ0n) is 15.5. The molecular formula is C19H24N4O4. The van der Waals surface area contributed by atoms with Gasteiger partial charge in [-0.1, -0.05) is 0 Å². The second-order valence-corrected chi connectivity index (χ2v) is 6.58. The van der Waals surface area contributed by atoms with Crippen molar-refractivity contribution in [2.75, 3.05) is 25.5 Å². The van der Waals surface area contributed by atoms with Gasteiger partial charge in [-0.2, -0.15) is 5.10 Å². The van der Waals surface area contributed by atoms with E-state index in [-0.39, 0.29) is 17.9 Å². The minimum Gasteiger partial charge on any atom is -0.497 e. The number of nitrogens with one attached hydrogen (secondary N) is 1. The Hall–Kier alpha value is -2.87. The van der Waals surface area contributed by atoms with E-state index in [1.165, 1.54) is 6.92 Å². The molecule has 0 radical (unpaired) electrons. The van der Waals surface area contributed by atoms with Crippen LogP contribution in [0.2, 0.25) is 0 Å². The van der Waals surface area contributed by atoms with E-state index in [1.807, 2.05) is 0 Å². The number of hydrogen-bond acceptors (Lipinski definition) is 5. The molecule has 144 valence electrons. The third-order valence-electron chi connectivity index (χ3n) is 4.74. The number of anilines is 1. The van der Waals surface area contributed by atoms with Gasteiger partial charge < -0.3 is 20.1 Å². The largest absolute Gasteiger partial charge is 0.497 e. The molecule has 3 rings (SSSR count). The van der Waals surface area contributed by atoms with Gasteiger partial charge in [0, 0.05) is 24.7 Å². The normalized spacial score (nSPS) is 16.0. The molecule has 2 amide bonds. The molecule has 1 aliphatic heterocycles. The number of carbonyl (C=O) groups is 2. The van der Waals surface area contributed by atoms with Crippen molar-refractivity contribution in [3.8, 4) is 5.75 Å². The molecule has 0 unspecified atom stereocenters. The van der Waals surface area contributed by atoms with Crippen LogP contribution in [-0.2, 0) is 4.79 Å². The number of rotatable bonds is 5. The smallest absolute Gasteiger partial charge is 0.256 e. The number of likely N-dealkylation sites (tertiary alicyclic amines) is 1. The van der Waals surface area contributed by atoms with Crippen LogP contribution < -0.4 is 10.1 Å². The Morgan fingerprint density at radius 2 is 1.89 bits per heavy atom. The molecule has 0 spiro atoms. The van der Waals surface area contributed by atoms with Crippen molar-refractivity contribution in [3.63, 3.8) is 0 Å². The standard InChI is InChI=1S/C19H24N4O4/c1-13(24)19(26)22-11-8-15(9-12-22)23-17(7-10-20-23)21-18(25)14-3-5-16(27-2)6-4-14/h3-7,10,13,15,24H,8-9,11-12H2,1-2H3,(H,21,25)/t13-/m1/s1. The van der Waals surface area contributed by atoms with Crippen LogP contribution in [0, 0.1) is 0 Å². The number of hydrogen-bond donors (Lipinski definition) is 2. The van der Waals surface area contributed by atoms with Crippen LogP contribution in [0.5, 0.6) is 5.75 Å². The maximum absolute atomic E-state index is 12.5. The Bertz CT molecular complexity index is 792. The van der Waals surface area contributed by atoms with Gasteiger partial charge in [0.25, 0.3) is 11.8 Å². The summed E-state index contributed by atoms with van der Waals surface area (Å²) >= 11 is 0. The third-order valence-corrected chi connectivity index (χ3v) is 4.74. The number of nitrogens with zero attached hydrogens (tertiary/aromatic N) is 3. The minimum absolute atomic E-state index is 0.0872. The first kappa shape index (κ1) is 18.9. The fraction of sp³-hybridized carbons (Fsp3) is 0.421. The van der Waals surface area contributed by atoms with Crippen LogP contribution >= 0.6 is 0 Å². The van der Waals surface area contributed by atoms with Crippen LogP contribution in [0.1, 0.15) is 36.2 Å². The molecule has 1 aromatic carbocycles. The first-order chi connectivity index (χ1) is 13.0. The lowest BCUT2D eigenvalue weighted by Gasteiger charge is -2.33. The summed E-state index contributed by atoms with van der Waals surface area (Å²) in [5.41, 5.74) is 0.529. The highest BCUT2D eigenvalue weighted by Crippen LogP contribution is 2.26. The van der Waals surface area contributed by atoms with Gasteiger partial charge in [-0.15, -0.1) is 0 Å². The van der Waals surface area contributed by atoms with Crippen LogP contribution in [0.3, 0.4) is 0 Å². The summed E-state index contributed by atoms with van der Waals surface area (Å²) in [6.45, 7) is 2.59. The SMILES string of the molecule is COc1ccc(C(=O)Nc2ccnn2C2CCN(C(=O)[C@@H](C)O)CC2)cc1. The van der Waals surface area contributed by atoms with Gasteiger partial charge in [0.05, 0.1) is 19.3 Å². The van der Waals surface area contributed by atoms with Gasteiger partial charge in [-0.3, -0.25) is 9.59 Å². The molecule has 8 heteroatoms. The number of methoxy groups -OCH3 is 1. The summed E-state index contributed by atoms with van der Waals surface area (Å²) in [5.74, 6) is 0.842. The second-order valence-electron chi connectivity index (χ2n) is 6.58. The highest BCUT2D eigenvalue weighted by Gasteiger charge is 2.27. The van der Waals surface area contributed by atoms with Crippen molar-refractivity contribution in [2.45, 2.75) is 31.9 Å². The van der Waals surface area contributed by atoms with Crippen molar-refractivity contribution < 1.29 is 19.4 Å². The van der Waals surface area contributed by atoms with Crippen molar-refractivity contribution in [1.82, 2.24) is 14.7 Å². The summed E-state index contributed by atoms with van der Waals surface area (Å²) in [6, 6.07) is 8.73. The number of piperidine rings is 1. The molecule has 27 heavy (non-hydrogen) atoms. The van der Waals surface area contributed by atoms with E-state index in [0.717, 1.165) is 0 Å². The van der Waals surface area contributed by atoms with E-state index >= 15 is 0 Å². The summed E-state index contributed by atoms with van der Waals surface area (Å²) in [6.07, 6.45) is 2.10. The van der Waals surface area contributed by atoms with Gasteiger partial charge in [-0.05, 0) is 44.0 Å². The quantitative estimate of drug-likeness (QED) is 0.833. The molecule has 0 saturated carbocycles. The second kappa shape index (κ2) is 8.22. The molecule has 1 saturated heterocycles. The van der Waals surface area contributed by atoms with E-state index in [9.17, 15) is 14.7 Å². The topological polar surface area (TPSA) is 96.7 Å². The number of benzene rings is 1. The number of ether oxygens (including phenoxy) is 1. The predicted molar refractivity (Wildman–Crippen MR) is 99.7 cm³/mol. The van der Waals surface area contributed by atoms with Crippen LogP contribution in [0.15, 0.2) is 36.5 Å². The molecule has 0 bridgehead atoms. The van der Waals surface area contributed by atoms with Gasteiger partial charge in [0.1, 0.15) is 17.7 Å². The van der Waals surface area contributed by atoms with Gasteiger partial charge in [0.15, 0.2) is 0 Å². The molecule has 1 fully saturated rings. The maximum atomic E-state index is 12.5. The van der Waals surface area contributed by atoms with Gasteiger partial charge >= 0.3 is 0 Å². The van der Waals surface area contributed by atoms with E-state index in [2.05, 4.69) is 10.4 Å². The van der Waals surface area contributed by atoms with Crippen molar-refractivity contribution in [1.29, 1.82) is 0 Å². The number of aromatic nitrogens is 2. The van der Waals surface area contributed by atoms with Crippen LogP contribution in [0.25, 0.3) is 0 Å². The van der Waals surface area contributed by atoms with E-state index in [0.29, 0.717) is 43.1 Å². The molecule has 1 aliphatic rings. The zero-order chi connectivity index (χ0) is 19.4. The van der Waals surface area contributed by atoms with Crippen LogP contribution in [0.4, 0.5) is 5.82 Å². The Balaban J connectivity index is 1.64. The molecular weight excluding hydrogens is 348 g/mol. The summed E-state index contributed by atoms with van der Waals surface area (Å²) in [4.78, 5) is 26.0. The molecule has 1 atom stereocenters. The number of aliphatic hydroxyl groups is 1. The van der Waals surface area contributed by atoms with Gasteiger partial charge in [0.2, 0.25) is 0 Å². The summed E-state index contributed by atoms with van der Waals surface area (Å²) in [7, 11) is 1.58. The lowest BCUT2D eigenvalue weighted by atomic mass is 10.0. The molecule has 2 N–H and O–H groups in total. The van der Waals surface area contributed by atoms with Crippen molar-refractivity contribution >= 4 is 17.6 Å². The van der Waals surface area contributed by atoms with Crippen molar-refractivity contribution in [3.05, 3.63) is 42.1 Å². The summed E-state index contributed by atoms with van der Waals surface area (Å²) in [5, 5.41) is 16.7. The first-order valence-electron chi connectivity index (χ1n) is 8.95. The average molecular weight is 372 g/mol. The Kier molecular flexibility index (Phi) is 5.75. The molecule has 8 nitrogen and oxygen atoms in total. The highest BCUT2D eigenvalue weighted by atomic mass is 16.5. The Labute approximate surface area is 157 Å². The van der Waals surface area contributed by atoms with Gasteiger partial charge in [-0.25, -0.2) is 4.68 Å². The number of aliphatic hydroxyl groups excluding tert-OH is 1. The minimum atomic E-state index is -0.981. The Morgan fingerprint density at radius 3 is 2.48 bits per heavy atom. The number of amides is 2. The predicted octanol–water partition coefficient (Wildman–Crippen LogP) is 1.69. The lowest BCUT2D eigenvalue weighted by molar-refractivity contribution is -0.140. The molecule has 0 aliphatic carbocycles. The fourth-order valence-electron chi connectivity index (χ4n) is 3.23. The first-order valence-corrected chi connectivity index (χ1v) is 8.95. The Morgan fingerprint density at radius 1 is 1.22 bits per heavy atom.